The molecule has 12 rings (SSSR count). The van der Waals surface area contributed by atoms with Crippen molar-refractivity contribution >= 4 is 11.0 Å². The first kappa shape index (κ1) is 49.6. The zero-order valence-electron chi connectivity index (χ0n) is 46.9. The molecule has 0 atom stereocenters. The molecule has 9 aromatic carbocycles. The molecule has 0 bridgehead atoms. The molecular weight excluding hydrogens is 1130 g/mol. The molecule has 1 N–H and O–H groups in total. The molecule has 1 aliphatic rings. The van der Waals surface area contributed by atoms with Gasteiger partial charge >= 0.3 is 0 Å². The first-order chi connectivity index (χ1) is 38.2. The Morgan fingerprint density at radius 1 is 0.526 bits per heavy atom. The van der Waals surface area contributed by atoms with Crippen molar-refractivity contribution < 1.29 is 28.9 Å². The number of phenols is 1. The van der Waals surface area contributed by atoms with Crippen LogP contribution in [0.4, 0.5) is 0 Å². The van der Waals surface area contributed by atoms with Crippen LogP contribution in [0.1, 0.15) is 85.3 Å². The summed E-state index contributed by atoms with van der Waals surface area (Å²) in [7, 11) is 0. The van der Waals surface area contributed by atoms with Crippen LogP contribution in [0.5, 0.6) is 5.75 Å². The molecule has 78 heavy (non-hydrogen) atoms. The fraction of sp³-hybridized carbons (Fsp3) is 0.178. The van der Waals surface area contributed by atoms with E-state index in [0.29, 0.717) is 17.0 Å². The van der Waals surface area contributed by atoms with Crippen LogP contribution in [-0.2, 0) is 38.3 Å². The molecule has 388 valence electrons. The van der Waals surface area contributed by atoms with Crippen molar-refractivity contribution in [2.24, 2.45) is 5.92 Å². The van der Waals surface area contributed by atoms with Crippen LogP contribution in [0.2, 0.25) is 0 Å². The molecule has 0 unspecified atom stereocenters. The summed E-state index contributed by atoms with van der Waals surface area (Å²) >= 11 is 0. The molecule has 2 heterocycles. The van der Waals surface area contributed by atoms with Gasteiger partial charge in [-0.25, -0.2) is 4.98 Å². The van der Waals surface area contributed by atoms with E-state index in [9.17, 15) is 7.85 Å². The number of para-hydroxylation sites is 1. The quantitative estimate of drug-likeness (QED) is 0.124. The number of pyridine rings is 1. The number of aromatic nitrogens is 3. The van der Waals surface area contributed by atoms with Crippen LogP contribution in [0, 0.1) is 12.0 Å². The maximum Gasteiger partial charge on any atom is 0.148 e. The van der Waals surface area contributed by atoms with Gasteiger partial charge in [0.15, 0.2) is 0 Å². The molecule has 1 aliphatic carbocycles. The molecule has 0 amide bonds. The molecule has 2 aromatic heterocycles. The molecular formula is C73H64N3OPt-. The van der Waals surface area contributed by atoms with Gasteiger partial charge in [0.25, 0.3) is 0 Å². The second kappa shape index (κ2) is 21.8. The molecule has 4 nitrogen and oxygen atoms in total. The Kier molecular flexibility index (Phi) is 13.9. The van der Waals surface area contributed by atoms with E-state index in [0.717, 1.165) is 115 Å². The number of benzene rings is 9. The Morgan fingerprint density at radius 3 is 1.78 bits per heavy atom. The second-order valence-electron chi connectivity index (χ2n) is 22.3. The normalized spacial score (nSPS) is 13.5. The number of hydrogen-bond acceptors (Lipinski definition) is 3. The number of aromatic hydroxyl groups is 1. The molecule has 5 heteroatoms. The minimum Gasteiger partial charge on any atom is -0.507 e. The summed E-state index contributed by atoms with van der Waals surface area (Å²) in [6.07, 6.45) is 4.19. The Morgan fingerprint density at radius 2 is 1.12 bits per heavy atom. The first-order valence-corrected chi connectivity index (χ1v) is 27.1. The molecule has 1 fully saturated rings. The molecule has 1 saturated carbocycles. The monoisotopic (exact) mass is 1200 g/mol. The zero-order chi connectivity index (χ0) is 54.5. The van der Waals surface area contributed by atoms with Crippen molar-refractivity contribution in [3.05, 3.63) is 253 Å². The fourth-order valence-corrected chi connectivity index (χ4v) is 11.3. The third-order valence-electron chi connectivity index (χ3n) is 15.8. The number of rotatable bonds is 12. The van der Waals surface area contributed by atoms with E-state index >= 15 is 0 Å². The SMILES string of the molecule is [2H]C([2H])(c1ccc(-n2c(-c3cc(C(C)(C)C)cc(-c4ccccc4)c3O)nc3c(-c4[c-]c(-c5cc(-c6ccc(C(C)(C)c7ccccc7)cc6)ccn5)cc(-c5ccccc5)c4)cccc32)c(-c2ccccc2)c1)C1CCCC1.[Pt]. The summed E-state index contributed by atoms with van der Waals surface area (Å²) in [5, 5.41) is 12.8. The van der Waals surface area contributed by atoms with E-state index in [1.807, 2.05) is 66.9 Å². The van der Waals surface area contributed by atoms with E-state index in [4.69, 9.17) is 9.97 Å². The topological polar surface area (TPSA) is 50.9 Å². The number of hydrogen-bond donors (Lipinski definition) is 1. The Labute approximate surface area is 477 Å². The summed E-state index contributed by atoms with van der Waals surface area (Å²) in [6, 6.07) is 79.5. The van der Waals surface area contributed by atoms with E-state index in [1.54, 1.807) is 0 Å². The van der Waals surface area contributed by atoms with Gasteiger partial charge in [0.05, 0.1) is 22.3 Å². The van der Waals surface area contributed by atoms with Crippen LogP contribution in [0.3, 0.4) is 0 Å². The number of phenolic OH excluding ortho intramolecular Hbond substituents is 1. The Bertz CT molecular complexity index is 3990. The summed E-state index contributed by atoms with van der Waals surface area (Å²) in [5.41, 5.74) is 17.8. The fourth-order valence-electron chi connectivity index (χ4n) is 11.3. The third-order valence-corrected chi connectivity index (χ3v) is 15.8. The van der Waals surface area contributed by atoms with Crippen molar-refractivity contribution in [3.8, 4) is 89.7 Å². The van der Waals surface area contributed by atoms with Gasteiger partial charge in [0, 0.05) is 52.2 Å². The Hall–Kier alpha value is -7.91. The van der Waals surface area contributed by atoms with Gasteiger partial charge in [-0.2, -0.15) is 0 Å². The predicted octanol–water partition coefficient (Wildman–Crippen LogP) is 18.9. The largest absolute Gasteiger partial charge is 0.507 e. The van der Waals surface area contributed by atoms with Crippen LogP contribution in [-0.4, -0.2) is 19.6 Å². The van der Waals surface area contributed by atoms with Crippen molar-refractivity contribution in [2.75, 3.05) is 0 Å². The van der Waals surface area contributed by atoms with Gasteiger partial charge in [-0.3, -0.25) is 9.55 Å². The zero-order valence-corrected chi connectivity index (χ0v) is 47.1. The smallest absolute Gasteiger partial charge is 0.148 e. The predicted molar refractivity (Wildman–Crippen MR) is 320 cm³/mol. The van der Waals surface area contributed by atoms with Crippen LogP contribution in [0.15, 0.2) is 225 Å². The number of nitrogens with zero attached hydrogens (tertiary/aromatic N) is 3. The third kappa shape index (κ3) is 10.3. The number of fused-ring (bicyclic) bond motifs is 1. The minimum atomic E-state index is -1.52. The average molecular weight is 1200 g/mol. The molecule has 11 aromatic rings. The summed E-state index contributed by atoms with van der Waals surface area (Å²) in [4.78, 5) is 10.7. The molecule has 0 saturated heterocycles. The second-order valence-corrected chi connectivity index (χ2v) is 22.3. The molecule has 0 spiro atoms. The van der Waals surface area contributed by atoms with Crippen LogP contribution >= 0.6 is 0 Å². The van der Waals surface area contributed by atoms with E-state index in [2.05, 4.69) is 203 Å². The van der Waals surface area contributed by atoms with E-state index < -0.39 is 6.37 Å². The van der Waals surface area contributed by atoms with Crippen molar-refractivity contribution in [1.82, 2.24) is 14.5 Å². The van der Waals surface area contributed by atoms with Crippen molar-refractivity contribution in [1.29, 1.82) is 0 Å². The van der Waals surface area contributed by atoms with Crippen LogP contribution < -0.4 is 0 Å². The van der Waals surface area contributed by atoms with Crippen molar-refractivity contribution in [2.45, 2.75) is 77.5 Å². The van der Waals surface area contributed by atoms with Gasteiger partial charge in [-0.15, -0.1) is 23.8 Å². The maximum atomic E-state index is 12.8. The van der Waals surface area contributed by atoms with E-state index in [-0.39, 0.29) is 43.6 Å². The van der Waals surface area contributed by atoms with Crippen molar-refractivity contribution in [3.63, 3.8) is 0 Å². The Balaban J connectivity index is 0.00000675. The summed E-state index contributed by atoms with van der Waals surface area (Å²) in [5.74, 6) is 0.643. The molecule has 0 aliphatic heterocycles. The molecule has 0 radical (unpaired) electrons. The van der Waals surface area contributed by atoms with Gasteiger partial charge in [0.2, 0.25) is 0 Å². The van der Waals surface area contributed by atoms with Gasteiger partial charge in [-0.1, -0.05) is 247 Å². The van der Waals surface area contributed by atoms with Crippen LogP contribution in [0.25, 0.3) is 95.0 Å². The van der Waals surface area contributed by atoms with Gasteiger partial charge in [0.1, 0.15) is 11.6 Å². The first-order valence-electron chi connectivity index (χ1n) is 28.1. The summed E-state index contributed by atoms with van der Waals surface area (Å²) in [6.45, 7) is 11.1. The summed E-state index contributed by atoms with van der Waals surface area (Å²) < 4.78 is 21.4. The van der Waals surface area contributed by atoms with Gasteiger partial charge in [-0.05, 0) is 104 Å². The minimum absolute atomic E-state index is 0. The number of imidazole rings is 1. The van der Waals surface area contributed by atoms with E-state index in [1.165, 1.54) is 11.1 Å². The van der Waals surface area contributed by atoms with Gasteiger partial charge < -0.3 is 5.11 Å². The maximum absolute atomic E-state index is 12.8. The average Bonchev–Trinajstić information content (AvgIpc) is 4.24. The standard InChI is InChI=1S/C73H64N3O.Pt/c1-72(2,3)61-47-64(54-27-14-8-15-28-54)70(77)65(48-61)71-75-69-62(31-20-32-68(69)76(71)67-38-33-50(41-49-21-18-19-22-49)42-63(67)53-25-12-7-13-26-53)57-43-56(51-23-10-6-11-24-51)44-58(45-57)66-46-55(39-40-74-66)52-34-36-60(37-35-52)73(4,5)59-29-16-9-17-30-59;/h6-17,20,23-40,42-44,46-49,77H,18-19,21-22,41H2,1-5H3;/q-1;/i41D2;.